The molecule has 1 N–H and O–H groups in total. The van der Waals surface area contributed by atoms with Crippen LogP contribution in [0.5, 0.6) is 0 Å². The molecule has 0 spiro atoms. The van der Waals surface area contributed by atoms with Gasteiger partial charge in [0.1, 0.15) is 0 Å². The Morgan fingerprint density at radius 3 is 3.00 bits per heavy atom. The lowest BCUT2D eigenvalue weighted by Crippen LogP contribution is -2.35. The van der Waals surface area contributed by atoms with Gasteiger partial charge in [0.05, 0.1) is 12.1 Å². The van der Waals surface area contributed by atoms with Crippen LogP contribution in [0, 0.1) is 0 Å². The van der Waals surface area contributed by atoms with Crippen LogP contribution in [-0.2, 0) is 9.53 Å². The van der Waals surface area contributed by atoms with E-state index in [1.807, 2.05) is 0 Å². The monoisotopic (exact) mass is 143 g/mol. The summed E-state index contributed by atoms with van der Waals surface area (Å²) in [4.78, 5) is 10.1. The molecule has 0 saturated heterocycles. The number of carbonyl (C=O) groups is 1. The summed E-state index contributed by atoms with van der Waals surface area (Å²) in [5.41, 5.74) is 0. The molecule has 1 saturated carbocycles. The molecule has 0 heterocycles. The normalized spacial score (nSPS) is 32.1. The summed E-state index contributed by atoms with van der Waals surface area (Å²) in [7, 11) is 1.69. The molecule has 2 atom stereocenters. The van der Waals surface area contributed by atoms with Crippen LogP contribution >= 0.6 is 0 Å². The number of carbonyl (C=O) groups excluding carboxylic acids is 1. The van der Waals surface area contributed by atoms with Gasteiger partial charge in [-0.2, -0.15) is 0 Å². The highest BCUT2D eigenvalue weighted by atomic mass is 16.5. The Balaban J connectivity index is 2.34. The lowest BCUT2D eigenvalue weighted by atomic mass is 10.2. The van der Waals surface area contributed by atoms with E-state index in [0.717, 1.165) is 25.7 Å². The molecular weight excluding hydrogens is 130 g/mol. The highest BCUT2D eigenvalue weighted by Crippen LogP contribution is 2.20. The van der Waals surface area contributed by atoms with Gasteiger partial charge in [0.2, 0.25) is 6.41 Å². The molecule has 1 aliphatic rings. The predicted octanol–water partition coefficient (Wildman–Crippen LogP) is 0.300. The van der Waals surface area contributed by atoms with Gasteiger partial charge in [0.25, 0.3) is 0 Å². The largest absolute Gasteiger partial charge is 0.379 e. The van der Waals surface area contributed by atoms with Gasteiger partial charge in [-0.3, -0.25) is 4.79 Å². The summed E-state index contributed by atoms with van der Waals surface area (Å²) >= 11 is 0. The summed E-state index contributed by atoms with van der Waals surface area (Å²) < 4.78 is 5.15. The number of hydrogen-bond donors (Lipinski definition) is 1. The van der Waals surface area contributed by atoms with E-state index in [4.69, 9.17) is 4.74 Å². The van der Waals surface area contributed by atoms with Crippen LogP contribution in [0.25, 0.3) is 0 Å². The third-order valence-corrected chi connectivity index (χ3v) is 2.04. The summed E-state index contributed by atoms with van der Waals surface area (Å²) in [5.74, 6) is 0. The third kappa shape index (κ3) is 1.48. The minimum absolute atomic E-state index is 0.241. The highest BCUT2D eigenvalue weighted by molar-refractivity contribution is 5.46. The minimum Gasteiger partial charge on any atom is -0.379 e. The standard InChI is InChI=1S/C7H13NO2/c1-10-7-4-2-3-6(7)8-5-9/h5-7H,2-4H2,1H3,(H,8,9). The van der Waals surface area contributed by atoms with E-state index < -0.39 is 0 Å². The minimum atomic E-state index is 0.241. The highest BCUT2D eigenvalue weighted by Gasteiger charge is 2.25. The molecule has 1 fully saturated rings. The van der Waals surface area contributed by atoms with Gasteiger partial charge in [-0.15, -0.1) is 0 Å². The maximum Gasteiger partial charge on any atom is 0.207 e. The number of amides is 1. The second-order valence-electron chi connectivity index (χ2n) is 2.60. The number of nitrogens with one attached hydrogen (secondary N) is 1. The van der Waals surface area contributed by atoms with Gasteiger partial charge in [-0.1, -0.05) is 0 Å². The van der Waals surface area contributed by atoms with E-state index in [0.29, 0.717) is 0 Å². The van der Waals surface area contributed by atoms with E-state index in [1.165, 1.54) is 0 Å². The SMILES string of the molecule is COC1CCCC1NC=O. The molecule has 1 rings (SSSR count). The smallest absolute Gasteiger partial charge is 0.207 e. The Morgan fingerprint density at radius 1 is 1.60 bits per heavy atom. The zero-order valence-corrected chi connectivity index (χ0v) is 6.17. The number of ether oxygens (including phenoxy) is 1. The summed E-state index contributed by atoms with van der Waals surface area (Å²) in [6, 6.07) is 0.252. The maximum atomic E-state index is 10.1. The third-order valence-electron chi connectivity index (χ3n) is 2.04. The summed E-state index contributed by atoms with van der Waals surface area (Å²) in [6.45, 7) is 0. The van der Waals surface area contributed by atoms with Crippen LogP contribution in [0.4, 0.5) is 0 Å². The fourth-order valence-electron chi connectivity index (χ4n) is 1.49. The van der Waals surface area contributed by atoms with Crippen molar-refractivity contribution in [1.82, 2.24) is 5.32 Å². The van der Waals surface area contributed by atoms with E-state index in [9.17, 15) is 4.79 Å². The van der Waals surface area contributed by atoms with E-state index in [1.54, 1.807) is 7.11 Å². The number of rotatable bonds is 3. The average molecular weight is 143 g/mol. The molecule has 10 heavy (non-hydrogen) atoms. The van der Waals surface area contributed by atoms with Crippen molar-refractivity contribution in [3.63, 3.8) is 0 Å². The molecule has 1 aliphatic carbocycles. The number of methoxy groups -OCH3 is 1. The summed E-state index contributed by atoms with van der Waals surface area (Å²) in [5, 5.41) is 2.74. The van der Waals surface area contributed by atoms with Crippen LogP contribution < -0.4 is 5.32 Å². The van der Waals surface area contributed by atoms with E-state index in [2.05, 4.69) is 5.32 Å². The molecule has 2 unspecified atom stereocenters. The fourth-order valence-corrected chi connectivity index (χ4v) is 1.49. The molecule has 3 nitrogen and oxygen atoms in total. The van der Waals surface area contributed by atoms with Crippen molar-refractivity contribution in [3.8, 4) is 0 Å². The van der Waals surface area contributed by atoms with Gasteiger partial charge in [0.15, 0.2) is 0 Å². The Morgan fingerprint density at radius 2 is 2.40 bits per heavy atom. The van der Waals surface area contributed by atoms with Crippen molar-refractivity contribution in [2.75, 3.05) is 7.11 Å². The Labute approximate surface area is 60.7 Å². The van der Waals surface area contributed by atoms with E-state index >= 15 is 0 Å². The molecule has 58 valence electrons. The Kier molecular flexibility index (Phi) is 2.68. The fraction of sp³-hybridized carbons (Fsp3) is 0.857. The lowest BCUT2D eigenvalue weighted by Gasteiger charge is -2.16. The quantitative estimate of drug-likeness (QED) is 0.577. The van der Waals surface area contributed by atoms with Gasteiger partial charge in [-0.05, 0) is 19.3 Å². The summed E-state index contributed by atoms with van der Waals surface area (Å²) in [6.07, 6.45) is 4.27. The van der Waals surface area contributed by atoms with Gasteiger partial charge in [-0.25, -0.2) is 0 Å². The van der Waals surface area contributed by atoms with Crippen molar-refractivity contribution < 1.29 is 9.53 Å². The second kappa shape index (κ2) is 3.56. The molecule has 0 aromatic heterocycles. The van der Waals surface area contributed by atoms with Crippen LogP contribution in [0.1, 0.15) is 19.3 Å². The first-order valence-electron chi connectivity index (χ1n) is 3.61. The van der Waals surface area contributed by atoms with Gasteiger partial charge >= 0.3 is 0 Å². The molecule has 1 amide bonds. The van der Waals surface area contributed by atoms with Crippen molar-refractivity contribution in [2.45, 2.75) is 31.4 Å². The van der Waals surface area contributed by atoms with Crippen LogP contribution in [0.15, 0.2) is 0 Å². The molecule has 0 aromatic carbocycles. The Bertz CT molecular complexity index is 116. The molecule has 0 aliphatic heterocycles. The molecule has 0 radical (unpaired) electrons. The molecule has 0 bridgehead atoms. The maximum absolute atomic E-state index is 10.1. The molecular formula is C7H13NO2. The van der Waals surface area contributed by atoms with Gasteiger partial charge in [0, 0.05) is 7.11 Å². The lowest BCUT2D eigenvalue weighted by molar-refractivity contribution is -0.110. The first-order chi connectivity index (χ1) is 4.88. The zero-order chi connectivity index (χ0) is 7.40. The van der Waals surface area contributed by atoms with Crippen molar-refractivity contribution >= 4 is 6.41 Å². The zero-order valence-electron chi connectivity index (χ0n) is 6.17. The topological polar surface area (TPSA) is 38.3 Å². The van der Waals surface area contributed by atoms with E-state index in [-0.39, 0.29) is 12.1 Å². The van der Waals surface area contributed by atoms with Crippen LogP contribution in [-0.4, -0.2) is 25.7 Å². The Hall–Kier alpha value is -0.570. The van der Waals surface area contributed by atoms with Crippen molar-refractivity contribution in [3.05, 3.63) is 0 Å². The van der Waals surface area contributed by atoms with Crippen molar-refractivity contribution in [2.24, 2.45) is 0 Å². The second-order valence-corrected chi connectivity index (χ2v) is 2.60. The number of hydrogen-bond acceptors (Lipinski definition) is 2. The van der Waals surface area contributed by atoms with Crippen LogP contribution in [0.3, 0.4) is 0 Å². The first kappa shape index (κ1) is 7.54. The van der Waals surface area contributed by atoms with Crippen LogP contribution in [0.2, 0.25) is 0 Å². The van der Waals surface area contributed by atoms with Gasteiger partial charge < -0.3 is 10.1 Å². The predicted molar refractivity (Wildman–Crippen MR) is 37.6 cm³/mol. The average Bonchev–Trinajstić information content (AvgIpc) is 2.36. The van der Waals surface area contributed by atoms with Crippen molar-refractivity contribution in [1.29, 1.82) is 0 Å². The molecule has 3 heteroatoms. The molecule has 0 aromatic rings. The first-order valence-corrected chi connectivity index (χ1v) is 3.61.